The topological polar surface area (TPSA) is 49.4 Å². The maximum atomic E-state index is 12.3. The largest absolute Gasteiger partial charge is 0.300 e. The van der Waals surface area contributed by atoms with Gasteiger partial charge in [0.05, 0.1) is 4.90 Å². The molecule has 6 heteroatoms. The van der Waals surface area contributed by atoms with Crippen molar-refractivity contribution in [3.63, 3.8) is 0 Å². The molecule has 1 aromatic carbocycles. The number of nitrogens with zero attached hydrogens (tertiary/aromatic N) is 1. The van der Waals surface area contributed by atoms with Gasteiger partial charge in [0, 0.05) is 17.5 Å². The first-order valence-electron chi connectivity index (χ1n) is 8.44. The summed E-state index contributed by atoms with van der Waals surface area (Å²) in [5, 5.41) is 0. The van der Waals surface area contributed by atoms with E-state index in [-0.39, 0.29) is 0 Å². The summed E-state index contributed by atoms with van der Waals surface area (Å²) in [6.45, 7) is 4.87. The molecular weight excluding hydrogens is 328 g/mol. The van der Waals surface area contributed by atoms with Gasteiger partial charge in [0.25, 0.3) is 0 Å². The van der Waals surface area contributed by atoms with Crippen molar-refractivity contribution in [3.05, 3.63) is 24.3 Å². The van der Waals surface area contributed by atoms with Crippen LogP contribution in [0.2, 0.25) is 0 Å². The number of hydrogen-bond donors (Lipinski definition) is 1. The minimum absolute atomic E-state index is 0.347. The van der Waals surface area contributed by atoms with Gasteiger partial charge in [-0.25, -0.2) is 13.1 Å². The maximum Gasteiger partial charge on any atom is 0.240 e. The van der Waals surface area contributed by atoms with Crippen molar-refractivity contribution in [1.82, 2.24) is 9.62 Å². The number of hydrogen-bond acceptors (Lipinski definition) is 4. The van der Waals surface area contributed by atoms with Gasteiger partial charge >= 0.3 is 0 Å². The van der Waals surface area contributed by atoms with E-state index >= 15 is 0 Å². The first kappa shape index (κ1) is 18.8. The van der Waals surface area contributed by atoms with Crippen molar-refractivity contribution in [2.45, 2.75) is 54.9 Å². The molecule has 23 heavy (non-hydrogen) atoms. The number of rotatable bonds is 8. The Morgan fingerprint density at radius 3 is 2.65 bits per heavy atom. The number of nitrogens with one attached hydrogen (secondary N) is 1. The Morgan fingerprint density at radius 2 is 2.00 bits per heavy atom. The van der Waals surface area contributed by atoms with Crippen LogP contribution in [0.5, 0.6) is 0 Å². The van der Waals surface area contributed by atoms with Gasteiger partial charge in [-0.1, -0.05) is 13.3 Å². The van der Waals surface area contributed by atoms with Crippen LogP contribution in [0, 0.1) is 0 Å². The molecule has 2 rings (SSSR count). The smallest absolute Gasteiger partial charge is 0.240 e. The van der Waals surface area contributed by atoms with E-state index in [0.29, 0.717) is 17.5 Å². The molecule has 4 nitrogen and oxygen atoms in total. The Labute approximate surface area is 145 Å². The van der Waals surface area contributed by atoms with Crippen LogP contribution in [0.3, 0.4) is 0 Å². The van der Waals surface area contributed by atoms with Crippen molar-refractivity contribution in [2.75, 3.05) is 25.9 Å². The molecule has 1 atom stereocenters. The van der Waals surface area contributed by atoms with Crippen molar-refractivity contribution in [1.29, 1.82) is 0 Å². The lowest BCUT2D eigenvalue weighted by molar-refractivity contribution is 0.143. The third-order valence-corrected chi connectivity index (χ3v) is 6.72. The maximum absolute atomic E-state index is 12.3. The van der Waals surface area contributed by atoms with Crippen molar-refractivity contribution in [2.24, 2.45) is 0 Å². The summed E-state index contributed by atoms with van der Waals surface area (Å²) >= 11 is 1.61. The molecule has 0 bridgehead atoms. The first-order valence-corrected chi connectivity index (χ1v) is 11.2. The van der Waals surface area contributed by atoms with Crippen LogP contribution in [0.15, 0.2) is 34.1 Å². The van der Waals surface area contributed by atoms with E-state index < -0.39 is 10.0 Å². The Morgan fingerprint density at radius 1 is 1.26 bits per heavy atom. The van der Waals surface area contributed by atoms with Gasteiger partial charge in [-0.15, -0.1) is 11.8 Å². The van der Waals surface area contributed by atoms with Gasteiger partial charge < -0.3 is 4.90 Å². The Balaban J connectivity index is 1.80. The van der Waals surface area contributed by atoms with Crippen molar-refractivity contribution >= 4 is 21.8 Å². The van der Waals surface area contributed by atoms with E-state index in [1.165, 1.54) is 25.7 Å². The molecule has 0 aliphatic carbocycles. The molecule has 1 fully saturated rings. The molecule has 1 saturated heterocycles. The number of piperidine rings is 1. The highest BCUT2D eigenvalue weighted by Gasteiger charge is 2.20. The standard InChI is InChI=1S/C17H28N2O2S2/c1-3-15-7-4-5-13-19(15)14-6-12-18-23(20,21)17-10-8-16(22-2)9-11-17/h8-11,15,18H,3-7,12-14H2,1-2H3/t15-/m1/s1. The molecule has 1 N–H and O–H groups in total. The van der Waals surface area contributed by atoms with Gasteiger partial charge in [0.2, 0.25) is 10.0 Å². The molecule has 0 aromatic heterocycles. The average molecular weight is 357 g/mol. The normalized spacial score (nSPS) is 19.8. The lowest BCUT2D eigenvalue weighted by atomic mass is 10.00. The minimum Gasteiger partial charge on any atom is -0.300 e. The summed E-state index contributed by atoms with van der Waals surface area (Å²) in [7, 11) is -3.39. The van der Waals surface area contributed by atoms with Crippen LogP contribution < -0.4 is 4.72 Å². The molecule has 0 radical (unpaired) electrons. The molecule has 0 amide bonds. The monoisotopic (exact) mass is 356 g/mol. The predicted octanol–water partition coefficient (Wildman–Crippen LogP) is 3.34. The Bertz CT molecular complexity index is 573. The highest BCUT2D eigenvalue weighted by atomic mass is 32.2. The number of likely N-dealkylation sites (tertiary alicyclic amines) is 1. The fraction of sp³-hybridized carbons (Fsp3) is 0.647. The van der Waals surface area contributed by atoms with Crippen molar-refractivity contribution < 1.29 is 8.42 Å². The summed E-state index contributed by atoms with van der Waals surface area (Å²) < 4.78 is 27.3. The second-order valence-electron chi connectivity index (χ2n) is 6.02. The van der Waals surface area contributed by atoms with Gasteiger partial charge in [-0.05, 0) is 69.3 Å². The molecule has 130 valence electrons. The van der Waals surface area contributed by atoms with Gasteiger partial charge in [0.1, 0.15) is 0 Å². The lowest BCUT2D eigenvalue weighted by Crippen LogP contribution is -2.40. The Kier molecular flexibility index (Phi) is 7.40. The molecule has 0 saturated carbocycles. The number of benzene rings is 1. The van der Waals surface area contributed by atoms with Crippen LogP contribution in [0.4, 0.5) is 0 Å². The van der Waals surface area contributed by atoms with Gasteiger partial charge in [-0.3, -0.25) is 0 Å². The van der Waals surface area contributed by atoms with E-state index in [0.717, 1.165) is 24.4 Å². The highest BCUT2D eigenvalue weighted by molar-refractivity contribution is 7.98. The fourth-order valence-electron chi connectivity index (χ4n) is 3.14. The summed E-state index contributed by atoms with van der Waals surface area (Å²) in [5.74, 6) is 0. The number of sulfonamides is 1. The van der Waals surface area contributed by atoms with E-state index in [4.69, 9.17) is 0 Å². The van der Waals surface area contributed by atoms with Crippen molar-refractivity contribution in [3.8, 4) is 0 Å². The quantitative estimate of drug-likeness (QED) is 0.573. The van der Waals surface area contributed by atoms with E-state index in [1.807, 2.05) is 18.4 Å². The molecule has 0 unspecified atom stereocenters. The van der Waals surface area contributed by atoms with Crippen LogP contribution >= 0.6 is 11.8 Å². The second-order valence-corrected chi connectivity index (χ2v) is 8.67. The van der Waals surface area contributed by atoms with Gasteiger partial charge in [0.15, 0.2) is 0 Å². The fourth-order valence-corrected chi connectivity index (χ4v) is 4.63. The third-order valence-electron chi connectivity index (χ3n) is 4.50. The summed E-state index contributed by atoms with van der Waals surface area (Å²) in [6.07, 6.45) is 7.90. The molecule has 1 aliphatic rings. The van der Waals surface area contributed by atoms with E-state index in [9.17, 15) is 8.42 Å². The lowest BCUT2D eigenvalue weighted by Gasteiger charge is -2.35. The molecule has 1 heterocycles. The summed E-state index contributed by atoms with van der Waals surface area (Å²) in [5.41, 5.74) is 0. The molecular formula is C17H28N2O2S2. The average Bonchev–Trinajstić information content (AvgIpc) is 2.59. The predicted molar refractivity (Wildman–Crippen MR) is 97.5 cm³/mol. The first-order chi connectivity index (χ1) is 11.1. The molecule has 0 spiro atoms. The minimum atomic E-state index is -3.39. The number of thioether (sulfide) groups is 1. The Hall–Kier alpha value is -0.560. The van der Waals surface area contributed by atoms with E-state index in [1.54, 1.807) is 23.9 Å². The summed E-state index contributed by atoms with van der Waals surface area (Å²) in [4.78, 5) is 3.93. The SMILES string of the molecule is CC[C@@H]1CCCCN1CCCNS(=O)(=O)c1ccc(SC)cc1. The zero-order valence-corrected chi connectivity index (χ0v) is 15.8. The van der Waals surface area contributed by atoms with Crippen LogP contribution in [0.1, 0.15) is 39.0 Å². The third kappa shape index (κ3) is 5.48. The van der Waals surface area contributed by atoms with E-state index in [2.05, 4.69) is 16.5 Å². The highest BCUT2D eigenvalue weighted by Crippen LogP contribution is 2.20. The van der Waals surface area contributed by atoms with Crippen LogP contribution in [0.25, 0.3) is 0 Å². The summed E-state index contributed by atoms with van der Waals surface area (Å²) in [6, 6.07) is 7.72. The second kappa shape index (κ2) is 9.06. The van der Waals surface area contributed by atoms with Crippen LogP contribution in [-0.2, 0) is 10.0 Å². The zero-order chi connectivity index (χ0) is 16.7. The molecule has 1 aromatic rings. The molecule has 1 aliphatic heterocycles. The van der Waals surface area contributed by atoms with Gasteiger partial charge in [-0.2, -0.15) is 0 Å². The zero-order valence-electron chi connectivity index (χ0n) is 14.1. The van der Waals surface area contributed by atoms with Crippen LogP contribution in [-0.4, -0.2) is 45.2 Å².